The largest absolute Gasteiger partial charge is 0.248 e. The second-order valence-electron chi connectivity index (χ2n) is 10.2. The van der Waals surface area contributed by atoms with Crippen molar-refractivity contribution in [2.24, 2.45) is 15.0 Å². The summed E-state index contributed by atoms with van der Waals surface area (Å²) in [4.78, 5) is 22.5. The Bertz CT molecular complexity index is 1920. The molecule has 0 atom stereocenters. The highest BCUT2D eigenvalue weighted by molar-refractivity contribution is 6.50. The first-order valence-electron chi connectivity index (χ1n) is 13.1. The molecule has 0 bridgehead atoms. The van der Waals surface area contributed by atoms with E-state index in [0.29, 0.717) is 0 Å². The molecule has 0 amide bonds. The molecule has 6 heteroatoms. The van der Waals surface area contributed by atoms with Crippen molar-refractivity contribution in [1.82, 2.24) is 0 Å². The molecular weight excluding hydrogens is 480 g/mol. The summed E-state index contributed by atoms with van der Waals surface area (Å²) in [6.07, 6.45) is 0. The Hall–Kier alpha value is -5.49. The minimum atomic E-state index is 0.781. The van der Waals surface area contributed by atoms with Crippen molar-refractivity contribution >= 4 is 84.3 Å². The standard InChI is InChI=1S/C33H18N6/c1-7-19-10-4-16-25-28(19)22(13-1)34-31-37(25)32-35-24-15-3-9-21-12-6-18-27(30(21)24)39(32)33-36-23-14-2-8-20-11-5-17-26(29(20)23)38(31)33/h1-18H. The summed E-state index contributed by atoms with van der Waals surface area (Å²) in [5.41, 5.74) is 6.04. The summed E-state index contributed by atoms with van der Waals surface area (Å²) in [6.45, 7) is 0. The van der Waals surface area contributed by atoms with Gasteiger partial charge in [0.05, 0.1) is 34.1 Å². The third kappa shape index (κ3) is 2.31. The highest BCUT2D eigenvalue weighted by atomic mass is 15.6. The van der Waals surface area contributed by atoms with Crippen LogP contribution in [-0.4, -0.2) is 17.9 Å². The van der Waals surface area contributed by atoms with Crippen LogP contribution in [0.4, 0.5) is 34.1 Å². The lowest BCUT2D eigenvalue weighted by atomic mass is 10.0. The maximum absolute atomic E-state index is 5.31. The molecule has 6 nitrogen and oxygen atoms in total. The number of nitrogens with zero attached hydrogens (tertiary/aromatic N) is 6. The van der Waals surface area contributed by atoms with Gasteiger partial charge < -0.3 is 0 Å². The van der Waals surface area contributed by atoms with E-state index < -0.39 is 0 Å². The van der Waals surface area contributed by atoms with Crippen molar-refractivity contribution in [2.45, 2.75) is 0 Å². The van der Waals surface area contributed by atoms with E-state index >= 15 is 0 Å². The Labute approximate surface area is 223 Å². The molecule has 0 saturated carbocycles. The second-order valence-corrected chi connectivity index (χ2v) is 10.2. The van der Waals surface area contributed by atoms with Gasteiger partial charge in [-0.1, -0.05) is 72.8 Å². The maximum Gasteiger partial charge on any atom is 0.225 e. The fourth-order valence-corrected chi connectivity index (χ4v) is 6.58. The Kier molecular flexibility index (Phi) is 3.36. The first-order chi connectivity index (χ1) is 19.3. The topological polar surface area (TPSA) is 46.8 Å². The Morgan fingerprint density at radius 1 is 0.333 bits per heavy atom. The molecule has 4 aliphatic heterocycles. The van der Waals surface area contributed by atoms with E-state index in [0.717, 1.165) is 84.3 Å². The fraction of sp³-hybridized carbons (Fsp3) is 0. The predicted molar refractivity (Wildman–Crippen MR) is 161 cm³/mol. The van der Waals surface area contributed by atoms with Crippen molar-refractivity contribution in [3.8, 4) is 0 Å². The van der Waals surface area contributed by atoms with Crippen LogP contribution in [0, 0.1) is 0 Å². The normalized spacial score (nSPS) is 16.0. The minimum absolute atomic E-state index is 0.781. The second kappa shape index (κ2) is 6.68. The SMILES string of the molecule is c1cc2c3c(cccc3c1)N1C(=N2)N2C(=Nc3cccc4cccc2c34)N2C1=Nc1cccc3cccc2c13. The molecule has 0 radical (unpaired) electrons. The number of aliphatic imine (C=N–C) groups is 3. The van der Waals surface area contributed by atoms with Gasteiger partial charge in [-0.2, -0.15) is 0 Å². The van der Waals surface area contributed by atoms with Gasteiger partial charge in [-0.3, -0.25) is 0 Å². The zero-order valence-corrected chi connectivity index (χ0v) is 20.6. The van der Waals surface area contributed by atoms with Crippen LogP contribution in [0.2, 0.25) is 0 Å². The first kappa shape index (κ1) is 19.6. The number of hydrogen-bond acceptors (Lipinski definition) is 6. The van der Waals surface area contributed by atoms with Gasteiger partial charge in [-0.25, -0.2) is 29.7 Å². The summed E-state index contributed by atoms with van der Waals surface area (Å²) in [7, 11) is 0. The van der Waals surface area contributed by atoms with Crippen LogP contribution in [0.15, 0.2) is 124 Å². The molecular formula is C33H18N6. The number of anilines is 3. The molecule has 6 aromatic rings. The van der Waals surface area contributed by atoms with E-state index in [1.807, 2.05) is 0 Å². The van der Waals surface area contributed by atoms with E-state index in [-0.39, 0.29) is 0 Å². The summed E-state index contributed by atoms with van der Waals surface area (Å²) in [5, 5.41) is 6.84. The fourth-order valence-electron chi connectivity index (χ4n) is 6.58. The lowest BCUT2D eigenvalue weighted by Crippen LogP contribution is -2.67. The van der Waals surface area contributed by atoms with E-state index in [4.69, 9.17) is 15.0 Å². The van der Waals surface area contributed by atoms with Gasteiger partial charge in [0.1, 0.15) is 0 Å². The summed E-state index contributed by atoms with van der Waals surface area (Å²) in [6, 6.07) is 38.2. The number of rotatable bonds is 0. The molecule has 0 unspecified atom stereocenters. The van der Waals surface area contributed by atoms with Crippen molar-refractivity contribution in [2.75, 3.05) is 14.7 Å². The zero-order chi connectivity index (χ0) is 25.2. The minimum Gasteiger partial charge on any atom is -0.248 e. The van der Waals surface area contributed by atoms with Crippen molar-refractivity contribution in [3.05, 3.63) is 109 Å². The van der Waals surface area contributed by atoms with E-state index in [1.165, 1.54) is 0 Å². The first-order valence-corrected chi connectivity index (χ1v) is 13.1. The van der Waals surface area contributed by atoms with Crippen LogP contribution in [0.1, 0.15) is 0 Å². The summed E-state index contributed by atoms with van der Waals surface area (Å²) >= 11 is 0. The maximum atomic E-state index is 5.31. The third-order valence-corrected chi connectivity index (χ3v) is 8.17. The monoisotopic (exact) mass is 498 g/mol. The van der Waals surface area contributed by atoms with Crippen LogP contribution < -0.4 is 14.7 Å². The van der Waals surface area contributed by atoms with Gasteiger partial charge in [0.25, 0.3) is 0 Å². The molecule has 1 saturated heterocycles. The molecule has 6 aromatic carbocycles. The van der Waals surface area contributed by atoms with Crippen LogP contribution in [-0.2, 0) is 0 Å². The molecule has 4 aliphatic rings. The molecule has 10 rings (SSSR count). The predicted octanol–water partition coefficient (Wildman–Crippen LogP) is 7.98. The average Bonchev–Trinajstić information content (AvgIpc) is 2.98. The van der Waals surface area contributed by atoms with Gasteiger partial charge in [0.2, 0.25) is 17.9 Å². The van der Waals surface area contributed by atoms with Crippen LogP contribution in [0.3, 0.4) is 0 Å². The van der Waals surface area contributed by atoms with Crippen molar-refractivity contribution < 1.29 is 0 Å². The lowest BCUT2D eigenvalue weighted by Gasteiger charge is -2.49. The number of fused-ring (bicyclic) bond motifs is 9. The average molecular weight is 499 g/mol. The summed E-state index contributed by atoms with van der Waals surface area (Å²) in [5.74, 6) is 2.34. The molecule has 4 heterocycles. The smallest absolute Gasteiger partial charge is 0.225 e. The van der Waals surface area contributed by atoms with Crippen molar-refractivity contribution in [1.29, 1.82) is 0 Å². The number of hydrogen-bond donors (Lipinski definition) is 0. The molecule has 39 heavy (non-hydrogen) atoms. The number of benzene rings is 6. The van der Waals surface area contributed by atoms with Crippen LogP contribution >= 0.6 is 0 Å². The van der Waals surface area contributed by atoms with Gasteiger partial charge >= 0.3 is 0 Å². The Balaban J connectivity index is 1.38. The van der Waals surface area contributed by atoms with Gasteiger partial charge in [-0.15, -0.1) is 0 Å². The summed E-state index contributed by atoms with van der Waals surface area (Å²) < 4.78 is 0. The lowest BCUT2D eigenvalue weighted by molar-refractivity contribution is 1.13. The zero-order valence-electron chi connectivity index (χ0n) is 20.6. The number of guanidine groups is 3. The van der Waals surface area contributed by atoms with Gasteiger partial charge in [0, 0.05) is 16.2 Å². The highest BCUT2D eigenvalue weighted by Gasteiger charge is 2.47. The Morgan fingerprint density at radius 3 is 0.923 bits per heavy atom. The molecule has 180 valence electrons. The van der Waals surface area contributed by atoms with Crippen LogP contribution in [0.5, 0.6) is 0 Å². The molecule has 0 aromatic heterocycles. The van der Waals surface area contributed by atoms with E-state index in [1.54, 1.807) is 0 Å². The molecule has 0 aliphatic carbocycles. The van der Waals surface area contributed by atoms with E-state index in [9.17, 15) is 0 Å². The quantitative estimate of drug-likeness (QED) is 0.213. The van der Waals surface area contributed by atoms with Gasteiger partial charge in [-0.05, 0) is 52.6 Å². The molecule has 0 spiro atoms. The van der Waals surface area contributed by atoms with Crippen molar-refractivity contribution in [3.63, 3.8) is 0 Å². The molecule has 1 fully saturated rings. The van der Waals surface area contributed by atoms with E-state index in [2.05, 4.69) is 124 Å². The molecule has 0 N–H and O–H groups in total. The van der Waals surface area contributed by atoms with Gasteiger partial charge in [0.15, 0.2) is 0 Å². The highest BCUT2D eigenvalue weighted by Crippen LogP contribution is 2.49. The third-order valence-electron chi connectivity index (χ3n) is 8.17. The van der Waals surface area contributed by atoms with Crippen LogP contribution in [0.25, 0.3) is 32.3 Å². The Morgan fingerprint density at radius 2 is 0.615 bits per heavy atom.